The number of carbonyl (C=O) groups excluding carboxylic acids is 2. The van der Waals surface area contributed by atoms with Gasteiger partial charge in [0.1, 0.15) is 6.10 Å². The van der Waals surface area contributed by atoms with Crippen LogP contribution in [0.2, 0.25) is 0 Å². The molecule has 0 spiro atoms. The van der Waals surface area contributed by atoms with Gasteiger partial charge in [-0.15, -0.1) is 0 Å². The van der Waals surface area contributed by atoms with Crippen molar-refractivity contribution in [3.8, 4) is 5.75 Å². The van der Waals surface area contributed by atoms with E-state index in [1.807, 2.05) is 20.8 Å². The van der Waals surface area contributed by atoms with E-state index < -0.39 is 63.8 Å². The zero-order valence-corrected chi connectivity index (χ0v) is 27.4. The summed E-state index contributed by atoms with van der Waals surface area (Å²) in [6.07, 6.45) is -5.43. The van der Waals surface area contributed by atoms with E-state index in [0.717, 1.165) is 12.8 Å². The number of benzene rings is 1. The zero-order chi connectivity index (χ0) is 34.4. The average Bonchev–Trinajstić information content (AvgIpc) is 2.88. The van der Waals surface area contributed by atoms with Crippen molar-refractivity contribution in [1.82, 2.24) is 4.90 Å². The zero-order valence-electron chi connectivity index (χ0n) is 26.6. The Hall–Kier alpha value is -2.55. The van der Waals surface area contributed by atoms with Crippen LogP contribution >= 0.6 is 0 Å². The van der Waals surface area contributed by atoms with Crippen molar-refractivity contribution in [2.24, 2.45) is 17.8 Å². The molecule has 0 radical (unpaired) electrons. The summed E-state index contributed by atoms with van der Waals surface area (Å²) in [5.41, 5.74) is -7.18. The van der Waals surface area contributed by atoms with E-state index >= 15 is 0 Å². The maximum absolute atomic E-state index is 14.0. The molecule has 0 unspecified atom stereocenters. The van der Waals surface area contributed by atoms with E-state index in [1.54, 1.807) is 20.8 Å². The van der Waals surface area contributed by atoms with Crippen LogP contribution in [0.3, 0.4) is 0 Å². The van der Waals surface area contributed by atoms with Crippen LogP contribution in [0.25, 0.3) is 0 Å². The third-order valence-electron chi connectivity index (χ3n) is 8.42. The normalized spacial score (nSPS) is 22.2. The number of rotatable bonds is 7. The third kappa shape index (κ3) is 8.25. The number of carbonyl (C=O) groups is 2. The predicted molar refractivity (Wildman–Crippen MR) is 151 cm³/mol. The van der Waals surface area contributed by atoms with Crippen LogP contribution in [-0.2, 0) is 42.1 Å². The molecule has 256 valence electrons. The standard InChI is InChI=1S/C30H41F6NO7S/c1-15(2)19-10-9-16(3)13-22(19)42-26(38)25(43-28(6,7)8)23-17(4)20-11-12-37(27(39)29(31,32)33)14-21(20)18(5)24(23)44-45(40,41)30(34,35)36/h15-16,19,22,25H,9-14H2,1-8H3/t16-,19+,22+,25+/m1/s1. The smallest absolute Gasteiger partial charge is 0.460 e. The van der Waals surface area contributed by atoms with Gasteiger partial charge in [-0.1, -0.05) is 27.2 Å². The number of ether oxygens (including phenoxy) is 2. The van der Waals surface area contributed by atoms with Crippen LogP contribution < -0.4 is 4.18 Å². The van der Waals surface area contributed by atoms with Crippen LogP contribution in [0.4, 0.5) is 26.3 Å². The van der Waals surface area contributed by atoms with E-state index in [9.17, 15) is 44.3 Å². The molecule has 8 nitrogen and oxygen atoms in total. The van der Waals surface area contributed by atoms with E-state index in [2.05, 4.69) is 4.18 Å². The Labute approximate surface area is 259 Å². The minimum Gasteiger partial charge on any atom is -0.460 e. The molecule has 1 aromatic rings. The molecule has 3 rings (SSSR count). The van der Waals surface area contributed by atoms with Gasteiger partial charge in [0, 0.05) is 18.7 Å². The second-order valence-electron chi connectivity index (χ2n) is 13.3. The first kappa shape index (κ1) is 36.9. The summed E-state index contributed by atoms with van der Waals surface area (Å²) in [4.78, 5) is 26.5. The van der Waals surface area contributed by atoms with Gasteiger partial charge in [0.2, 0.25) is 0 Å². The Kier molecular flexibility index (Phi) is 10.6. The first-order valence-electron chi connectivity index (χ1n) is 14.8. The Morgan fingerprint density at radius 2 is 1.56 bits per heavy atom. The van der Waals surface area contributed by atoms with Gasteiger partial charge in [0.05, 0.1) is 5.60 Å². The van der Waals surface area contributed by atoms with Crippen LogP contribution in [0.5, 0.6) is 5.75 Å². The number of halogens is 6. The van der Waals surface area contributed by atoms with Gasteiger partial charge in [-0.25, -0.2) is 4.79 Å². The van der Waals surface area contributed by atoms with Crippen molar-refractivity contribution in [3.05, 3.63) is 27.8 Å². The predicted octanol–water partition coefficient (Wildman–Crippen LogP) is 6.84. The summed E-state index contributed by atoms with van der Waals surface area (Å²) in [5.74, 6) is -3.66. The molecule has 1 amide bonds. The summed E-state index contributed by atoms with van der Waals surface area (Å²) in [6, 6.07) is 0. The first-order valence-corrected chi connectivity index (χ1v) is 16.2. The molecule has 45 heavy (non-hydrogen) atoms. The van der Waals surface area contributed by atoms with Crippen molar-refractivity contribution in [2.45, 2.75) is 117 Å². The molecular formula is C30H41F6NO7S. The van der Waals surface area contributed by atoms with Gasteiger partial charge in [-0.2, -0.15) is 34.8 Å². The van der Waals surface area contributed by atoms with Crippen molar-refractivity contribution < 1.29 is 58.0 Å². The molecule has 1 aliphatic carbocycles. The minimum absolute atomic E-state index is 0.00900. The molecule has 4 atom stereocenters. The fourth-order valence-corrected chi connectivity index (χ4v) is 6.69. The van der Waals surface area contributed by atoms with Crippen molar-refractivity contribution in [1.29, 1.82) is 0 Å². The lowest BCUT2D eigenvalue weighted by atomic mass is 9.75. The molecule has 1 aromatic carbocycles. The number of nitrogens with zero attached hydrogens (tertiary/aromatic N) is 1. The Bertz CT molecular complexity index is 1400. The van der Waals surface area contributed by atoms with Crippen molar-refractivity contribution in [3.63, 3.8) is 0 Å². The highest BCUT2D eigenvalue weighted by atomic mass is 32.2. The number of amides is 1. The lowest BCUT2D eigenvalue weighted by molar-refractivity contribution is -0.186. The highest BCUT2D eigenvalue weighted by Crippen LogP contribution is 2.45. The van der Waals surface area contributed by atoms with Gasteiger partial charge < -0.3 is 18.6 Å². The molecule has 0 aromatic heterocycles. The summed E-state index contributed by atoms with van der Waals surface area (Å²) in [6.45, 7) is 12.3. The molecule has 0 N–H and O–H groups in total. The monoisotopic (exact) mass is 673 g/mol. The highest BCUT2D eigenvalue weighted by molar-refractivity contribution is 7.88. The maximum atomic E-state index is 14.0. The first-order chi connectivity index (χ1) is 20.4. The molecule has 0 bridgehead atoms. The van der Waals surface area contributed by atoms with Gasteiger partial charge >= 0.3 is 33.7 Å². The number of hydrogen-bond donors (Lipinski definition) is 0. The molecule has 1 heterocycles. The molecule has 1 saturated carbocycles. The Morgan fingerprint density at radius 1 is 0.956 bits per heavy atom. The minimum atomic E-state index is -6.32. The van der Waals surface area contributed by atoms with E-state index in [1.165, 1.54) is 13.8 Å². The molecular weight excluding hydrogens is 632 g/mol. The highest BCUT2D eigenvalue weighted by Gasteiger charge is 2.51. The lowest BCUT2D eigenvalue weighted by Gasteiger charge is -2.38. The van der Waals surface area contributed by atoms with Crippen molar-refractivity contribution >= 4 is 22.0 Å². The summed E-state index contributed by atoms with van der Waals surface area (Å²) in [7, 11) is -6.32. The third-order valence-corrected chi connectivity index (χ3v) is 9.38. The summed E-state index contributed by atoms with van der Waals surface area (Å²) < 4.78 is 122. The topological polar surface area (TPSA) is 99.2 Å². The Balaban J connectivity index is 2.25. The van der Waals surface area contributed by atoms with Crippen molar-refractivity contribution in [2.75, 3.05) is 6.54 Å². The molecule has 2 aliphatic rings. The molecule has 0 saturated heterocycles. The van der Waals surface area contributed by atoms with E-state index in [0.29, 0.717) is 16.9 Å². The second kappa shape index (κ2) is 12.9. The van der Waals surface area contributed by atoms with Gasteiger partial charge in [-0.3, -0.25) is 4.79 Å². The number of esters is 1. The molecule has 1 fully saturated rings. The fraction of sp³-hybridized carbons (Fsp3) is 0.733. The van der Waals surface area contributed by atoms with Crippen LogP contribution in [0.1, 0.15) is 94.7 Å². The van der Waals surface area contributed by atoms with Gasteiger partial charge in [0.25, 0.3) is 0 Å². The SMILES string of the molecule is Cc1c2c(c(C)c([C@H](OC(C)(C)C)C(=O)O[C@H]3C[C@H](C)CC[C@H]3C(C)C)c1OS(=O)(=O)C(F)(F)F)CCN(C(=O)C(F)(F)F)C2. The van der Waals surface area contributed by atoms with E-state index in [4.69, 9.17) is 9.47 Å². The van der Waals surface area contributed by atoms with E-state index in [-0.39, 0.29) is 53.0 Å². The number of hydrogen-bond acceptors (Lipinski definition) is 7. The summed E-state index contributed by atoms with van der Waals surface area (Å²) >= 11 is 0. The van der Waals surface area contributed by atoms with Crippen LogP contribution in [0.15, 0.2) is 0 Å². The van der Waals surface area contributed by atoms with Gasteiger partial charge in [0.15, 0.2) is 11.9 Å². The quantitative estimate of drug-likeness (QED) is 0.135. The number of fused-ring (bicyclic) bond motifs is 1. The average molecular weight is 674 g/mol. The lowest BCUT2D eigenvalue weighted by Crippen LogP contribution is -2.44. The van der Waals surface area contributed by atoms with Gasteiger partial charge in [-0.05, 0) is 93.9 Å². The second-order valence-corrected chi connectivity index (χ2v) is 14.9. The summed E-state index contributed by atoms with van der Waals surface area (Å²) in [5, 5.41) is 0. The fourth-order valence-electron chi connectivity index (χ4n) is 6.17. The van der Waals surface area contributed by atoms with Crippen LogP contribution in [-0.4, -0.2) is 55.1 Å². The Morgan fingerprint density at radius 3 is 2.07 bits per heavy atom. The number of alkyl halides is 6. The molecule has 1 aliphatic heterocycles. The van der Waals surface area contributed by atoms with Crippen LogP contribution in [0, 0.1) is 31.6 Å². The largest absolute Gasteiger partial charge is 0.534 e. The maximum Gasteiger partial charge on any atom is 0.534 e. The molecule has 15 heteroatoms.